The van der Waals surface area contributed by atoms with E-state index in [9.17, 15) is 0 Å². The first kappa shape index (κ1) is 12.7. The molecule has 0 saturated heterocycles. The van der Waals surface area contributed by atoms with Crippen LogP contribution in [0.1, 0.15) is 17.3 Å². The Morgan fingerprint density at radius 1 is 1.44 bits per heavy atom. The van der Waals surface area contributed by atoms with Crippen LogP contribution >= 0.6 is 0 Å². The van der Waals surface area contributed by atoms with Gasteiger partial charge in [-0.1, -0.05) is 6.07 Å². The third-order valence-corrected chi connectivity index (χ3v) is 2.82. The topological polar surface area (TPSA) is 60.0 Å². The summed E-state index contributed by atoms with van der Waals surface area (Å²) < 4.78 is 1.77. The lowest BCUT2D eigenvalue weighted by atomic mass is 10.1. The lowest BCUT2D eigenvalue weighted by molar-refractivity contribution is 0.302. The molecule has 0 fully saturated rings. The maximum Gasteiger partial charge on any atom is 0.0543 e. The molecule has 0 radical (unpaired) electrons. The van der Waals surface area contributed by atoms with Gasteiger partial charge in [0.1, 0.15) is 0 Å². The Kier molecular flexibility index (Phi) is 4.07. The molecule has 5 heteroatoms. The minimum Gasteiger partial charge on any atom is -0.323 e. The van der Waals surface area contributed by atoms with Crippen LogP contribution in [0.25, 0.3) is 0 Å². The van der Waals surface area contributed by atoms with Crippen LogP contribution < -0.4 is 5.73 Å². The van der Waals surface area contributed by atoms with E-state index in [1.54, 1.807) is 4.68 Å². The lowest BCUT2D eigenvalue weighted by Crippen LogP contribution is -2.28. The summed E-state index contributed by atoms with van der Waals surface area (Å²) >= 11 is 0. The highest BCUT2D eigenvalue weighted by molar-refractivity contribution is 5.10. The van der Waals surface area contributed by atoms with Gasteiger partial charge in [0.05, 0.1) is 11.9 Å². The Hall–Kier alpha value is -1.72. The molecule has 0 aliphatic rings. The molecule has 96 valence electrons. The molecule has 0 aromatic carbocycles. The number of rotatable bonds is 5. The molecule has 0 bridgehead atoms. The van der Waals surface area contributed by atoms with Gasteiger partial charge in [-0.05, 0) is 19.2 Å². The van der Waals surface area contributed by atoms with Gasteiger partial charge < -0.3 is 5.73 Å². The number of hydrogen-bond donors (Lipinski definition) is 1. The Labute approximate surface area is 107 Å². The highest BCUT2D eigenvalue weighted by atomic mass is 15.2. The van der Waals surface area contributed by atoms with E-state index in [0.29, 0.717) is 0 Å². The van der Waals surface area contributed by atoms with Crippen LogP contribution in [0.5, 0.6) is 0 Å². The minimum absolute atomic E-state index is 0.0209. The van der Waals surface area contributed by atoms with Gasteiger partial charge in [-0.3, -0.25) is 14.6 Å². The van der Waals surface area contributed by atoms with E-state index in [2.05, 4.69) is 15.0 Å². The smallest absolute Gasteiger partial charge is 0.0543 e. The highest BCUT2D eigenvalue weighted by Gasteiger charge is 2.11. The van der Waals surface area contributed by atoms with Crippen molar-refractivity contribution in [1.82, 2.24) is 19.7 Å². The van der Waals surface area contributed by atoms with Crippen molar-refractivity contribution < 1.29 is 0 Å². The van der Waals surface area contributed by atoms with Gasteiger partial charge in [0.2, 0.25) is 0 Å². The molecule has 0 saturated carbocycles. The third kappa shape index (κ3) is 3.38. The molecule has 0 aliphatic carbocycles. The molecule has 0 spiro atoms. The molecular formula is C13H19N5. The second-order valence-electron chi connectivity index (χ2n) is 4.57. The normalized spacial score (nSPS) is 12.9. The molecule has 2 heterocycles. The number of nitrogens with zero attached hydrogens (tertiary/aromatic N) is 4. The Balaban J connectivity index is 1.89. The number of aromatic nitrogens is 3. The van der Waals surface area contributed by atoms with E-state index in [-0.39, 0.29) is 6.04 Å². The van der Waals surface area contributed by atoms with Crippen molar-refractivity contribution in [3.8, 4) is 0 Å². The zero-order valence-electron chi connectivity index (χ0n) is 10.8. The van der Waals surface area contributed by atoms with Gasteiger partial charge >= 0.3 is 0 Å². The number of pyridine rings is 1. The maximum atomic E-state index is 6.15. The summed E-state index contributed by atoms with van der Waals surface area (Å²) in [6.07, 6.45) is 5.59. The first-order valence-corrected chi connectivity index (χ1v) is 5.97. The zero-order chi connectivity index (χ0) is 13.0. The monoisotopic (exact) mass is 245 g/mol. The number of aryl methyl sites for hydroxylation is 1. The van der Waals surface area contributed by atoms with Gasteiger partial charge in [-0.15, -0.1) is 0 Å². The zero-order valence-corrected chi connectivity index (χ0v) is 10.8. The van der Waals surface area contributed by atoms with Crippen molar-refractivity contribution >= 4 is 0 Å². The van der Waals surface area contributed by atoms with Crippen LogP contribution in [0, 0.1) is 0 Å². The van der Waals surface area contributed by atoms with Gasteiger partial charge in [0, 0.05) is 44.1 Å². The molecule has 18 heavy (non-hydrogen) atoms. The fourth-order valence-electron chi connectivity index (χ4n) is 1.91. The first-order valence-electron chi connectivity index (χ1n) is 5.97. The Bertz CT molecular complexity index is 479. The molecule has 2 aromatic heterocycles. The molecule has 1 atom stereocenters. The second kappa shape index (κ2) is 5.75. The Morgan fingerprint density at radius 2 is 2.28 bits per heavy atom. The summed E-state index contributed by atoms with van der Waals surface area (Å²) in [5.74, 6) is 0. The average Bonchev–Trinajstić information content (AvgIpc) is 2.77. The maximum absolute atomic E-state index is 6.15. The van der Waals surface area contributed by atoms with Crippen LogP contribution in [-0.4, -0.2) is 33.3 Å². The molecule has 5 nitrogen and oxygen atoms in total. The molecule has 0 aliphatic heterocycles. The molecule has 1 unspecified atom stereocenters. The van der Waals surface area contributed by atoms with Crippen molar-refractivity contribution in [3.05, 3.63) is 48.0 Å². The van der Waals surface area contributed by atoms with Crippen molar-refractivity contribution in [2.75, 3.05) is 13.6 Å². The second-order valence-corrected chi connectivity index (χ2v) is 4.57. The van der Waals surface area contributed by atoms with E-state index >= 15 is 0 Å². The highest BCUT2D eigenvalue weighted by Crippen LogP contribution is 2.10. The van der Waals surface area contributed by atoms with Crippen molar-refractivity contribution in [3.63, 3.8) is 0 Å². The predicted octanol–water partition coefficient (Wildman–Crippen LogP) is 0.947. The van der Waals surface area contributed by atoms with E-state index in [1.165, 1.54) is 0 Å². The number of hydrogen-bond acceptors (Lipinski definition) is 4. The molecular weight excluding hydrogens is 226 g/mol. The van der Waals surface area contributed by atoms with Crippen molar-refractivity contribution in [2.45, 2.75) is 12.6 Å². The molecule has 2 N–H and O–H groups in total. The summed E-state index contributed by atoms with van der Waals surface area (Å²) in [5.41, 5.74) is 8.26. The van der Waals surface area contributed by atoms with Gasteiger partial charge in [-0.25, -0.2) is 0 Å². The Morgan fingerprint density at radius 3 is 2.89 bits per heavy atom. The van der Waals surface area contributed by atoms with Crippen molar-refractivity contribution in [1.29, 1.82) is 0 Å². The van der Waals surface area contributed by atoms with E-state index in [4.69, 9.17) is 5.73 Å². The van der Waals surface area contributed by atoms with Crippen LogP contribution in [0.2, 0.25) is 0 Å². The van der Waals surface area contributed by atoms with E-state index in [0.717, 1.165) is 24.3 Å². The summed E-state index contributed by atoms with van der Waals surface area (Å²) in [6.45, 7) is 1.58. The standard InChI is InChI=1S/C13H19N5/c1-17(9-12-5-3-4-6-15-12)10-13(14)11-7-16-18(2)8-11/h3-8,13H,9-10,14H2,1-2H3. The average molecular weight is 245 g/mol. The van der Waals surface area contributed by atoms with Crippen LogP contribution in [-0.2, 0) is 13.6 Å². The largest absolute Gasteiger partial charge is 0.323 e. The number of nitrogens with two attached hydrogens (primary N) is 1. The minimum atomic E-state index is -0.0209. The summed E-state index contributed by atoms with van der Waals surface area (Å²) in [4.78, 5) is 6.47. The number of likely N-dealkylation sites (N-methyl/N-ethyl adjacent to an activating group) is 1. The fourth-order valence-corrected chi connectivity index (χ4v) is 1.91. The van der Waals surface area contributed by atoms with Gasteiger partial charge in [-0.2, -0.15) is 5.10 Å². The quantitative estimate of drug-likeness (QED) is 0.852. The van der Waals surface area contributed by atoms with E-state index < -0.39 is 0 Å². The lowest BCUT2D eigenvalue weighted by Gasteiger charge is -2.20. The SMILES string of the molecule is CN(Cc1ccccn1)CC(N)c1cnn(C)c1. The molecule has 2 rings (SSSR count). The van der Waals surface area contributed by atoms with Gasteiger partial charge in [0.15, 0.2) is 0 Å². The summed E-state index contributed by atoms with van der Waals surface area (Å²) in [5, 5.41) is 4.13. The van der Waals surface area contributed by atoms with Crippen molar-refractivity contribution in [2.24, 2.45) is 12.8 Å². The third-order valence-electron chi connectivity index (χ3n) is 2.82. The van der Waals surface area contributed by atoms with Gasteiger partial charge in [0.25, 0.3) is 0 Å². The summed E-state index contributed by atoms with van der Waals surface area (Å²) in [6, 6.07) is 5.92. The van der Waals surface area contributed by atoms with Crippen LogP contribution in [0.3, 0.4) is 0 Å². The first-order chi connectivity index (χ1) is 8.65. The van der Waals surface area contributed by atoms with Crippen LogP contribution in [0.15, 0.2) is 36.8 Å². The van der Waals surface area contributed by atoms with E-state index in [1.807, 2.05) is 50.9 Å². The molecule has 0 amide bonds. The van der Waals surface area contributed by atoms with Crippen LogP contribution in [0.4, 0.5) is 0 Å². The summed E-state index contributed by atoms with van der Waals surface area (Å²) in [7, 11) is 3.94. The molecule has 2 aromatic rings. The predicted molar refractivity (Wildman–Crippen MR) is 70.7 cm³/mol. The fraction of sp³-hybridized carbons (Fsp3) is 0.385.